The van der Waals surface area contributed by atoms with Crippen molar-refractivity contribution in [2.24, 2.45) is 5.73 Å². The van der Waals surface area contributed by atoms with E-state index in [4.69, 9.17) is 25.2 Å². The van der Waals surface area contributed by atoms with Gasteiger partial charge in [0.25, 0.3) is 0 Å². The quantitative estimate of drug-likeness (QED) is 0.272. The number of carbonyl (C=O) groups is 1. The van der Waals surface area contributed by atoms with E-state index >= 15 is 0 Å². The fraction of sp³-hybridized carbons (Fsp3) is 0.250. The Hall–Kier alpha value is -3.95. The molecule has 9 heteroatoms. The molecule has 0 bridgehead atoms. The zero-order valence-corrected chi connectivity index (χ0v) is 22.0. The van der Waals surface area contributed by atoms with Gasteiger partial charge in [-0.15, -0.1) is 11.3 Å². The number of aromatic nitrogens is 3. The van der Waals surface area contributed by atoms with Crippen molar-refractivity contribution in [3.8, 4) is 11.7 Å². The molecular weight excluding hydrogens is 486 g/mol. The standard InChI is InChI=1S/C28H29N5O3S/c1-28(2,3)36-26(34)23(29)20-15-22-19(13-14-37-22)33(20)27-31-24-18(11-8-12-21(24)35-4)25(32-27)30-16-17-9-6-5-7-10-17/h5-15,23H,16,29H2,1-4H3,(H,30,31,32). The molecule has 3 aromatic heterocycles. The fourth-order valence-electron chi connectivity index (χ4n) is 4.18. The van der Waals surface area contributed by atoms with E-state index in [0.29, 0.717) is 35.3 Å². The van der Waals surface area contributed by atoms with Crippen molar-refractivity contribution in [3.05, 3.63) is 77.3 Å². The number of hydrogen-bond donors (Lipinski definition) is 2. The summed E-state index contributed by atoms with van der Waals surface area (Å²) in [5, 5.41) is 6.27. The molecule has 0 aliphatic heterocycles. The molecule has 1 unspecified atom stereocenters. The van der Waals surface area contributed by atoms with Gasteiger partial charge in [0.15, 0.2) is 0 Å². The highest BCUT2D eigenvalue weighted by Gasteiger charge is 2.29. The molecule has 0 amide bonds. The molecule has 0 saturated carbocycles. The van der Waals surface area contributed by atoms with Crippen LogP contribution in [-0.2, 0) is 16.1 Å². The molecule has 5 rings (SSSR count). The van der Waals surface area contributed by atoms with Gasteiger partial charge < -0.3 is 20.5 Å². The zero-order chi connectivity index (χ0) is 26.2. The van der Waals surface area contributed by atoms with Gasteiger partial charge in [0.05, 0.1) is 23.0 Å². The maximum atomic E-state index is 13.0. The number of ether oxygens (including phenoxy) is 2. The molecule has 0 spiro atoms. The second-order valence-corrected chi connectivity index (χ2v) is 10.6. The minimum absolute atomic E-state index is 0.384. The Balaban J connectivity index is 1.66. The number of nitrogens with zero attached hydrogens (tertiary/aromatic N) is 3. The van der Waals surface area contributed by atoms with Crippen molar-refractivity contribution >= 4 is 44.2 Å². The zero-order valence-electron chi connectivity index (χ0n) is 21.2. The van der Waals surface area contributed by atoms with Crippen LogP contribution in [0.5, 0.6) is 5.75 Å². The van der Waals surface area contributed by atoms with E-state index in [2.05, 4.69) is 17.4 Å². The number of benzene rings is 2. The smallest absolute Gasteiger partial charge is 0.329 e. The van der Waals surface area contributed by atoms with Gasteiger partial charge in [-0.1, -0.05) is 36.4 Å². The topological polar surface area (TPSA) is 104 Å². The molecule has 0 aliphatic rings. The summed E-state index contributed by atoms with van der Waals surface area (Å²) in [5.41, 5.74) is 8.99. The number of esters is 1. The summed E-state index contributed by atoms with van der Waals surface area (Å²) in [6.45, 7) is 6.03. The first-order valence-electron chi connectivity index (χ1n) is 12.0. The van der Waals surface area contributed by atoms with Crippen molar-refractivity contribution in [1.82, 2.24) is 14.5 Å². The van der Waals surface area contributed by atoms with Crippen LogP contribution in [-0.4, -0.2) is 33.2 Å². The molecule has 0 radical (unpaired) electrons. The number of thiophene rings is 1. The lowest BCUT2D eigenvalue weighted by Gasteiger charge is -2.23. The third kappa shape index (κ3) is 5.00. The van der Waals surface area contributed by atoms with E-state index in [1.165, 1.54) is 0 Å². The van der Waals surface area contributed by atoms with E-state index < -0.39 is 17.6 Å². The number of rotatable bonds is 7. The van der Waals surface area contributed by atoms with Gasteiger partial charge in [-0.3, -0.25) is 4.57 Å². The van der Waals surface area contributed by atoms with E-state index in [1.807, 2.05) is 79.2 Å². The van der Waals surface area contributed by atoms with Gasteiger partial charge in [-0.05, 0) is 56.0 Å². The third-order valence-electron chi connectivity index (χ3n) is 5.83. The van der Waals surface area contributed by atoms with Crippen LogP contribution in [0.15, 0.2) is 66.0 Å². The van der Waals surface area contributed by atoms with Crippen molar-refractivity contribution in [2.45, 2.75) is 39.0 Å². The van der Waals surface area contributed by atoms with Gasteiger partial charge >= 0.3 is 5.97 Å². The first-order valence-corrected chi connectivity index (χ1v) is 12.8. The van der Waals surface area contributed by atoms with Gasteiger partial charge in [-0.25, -0.2) is 9.78 Å². The summed E-state index contributed by atoms with van der Waals surface area (Å²) in [7, 11) is 1.62. The van der Waals surface area contributed by atoms with Crippen LogP contribution in [0.4, 0.5) is 5.82 Å². The maximum absolute atomic E-state index is 13.0. The number of fused-ring (bicyclic) bond motifs is 2. The summed E-state index contributed by atoms with van der Waals surface area (Å²) >= 11 is 1.56. The normalized spacial score (nSPS) is 12.6. The van der Waals surface area contributed by atoms with Crippen LogP contribution >= 0.6 is 11.3 Å². The van der Waals surface area contributed by atoms with Crippen molar-refractivity contribution in [3.63, 3.8) is 0 Å². The monoisotopic (exact) mass is 515 g/mol. The Morgan fingerprint density at radius 3 is 2.62 bits per heavy atom. The highest BCUT2D eigenvalue weighted by atomic mass is 32.1. The Morgan fingerprint density at radius 1 is 1.11 bits per heavy atom. The van der Waals surface area contributed by atoms with Gasteiger partial charge in [-0.2, -0.15) is 4.98 Å². The SMILES string of the molecule is COc1cccc2c(NCc3ccccc3)nc(-n3c(C(N)C(=O)OC(C)(C)C)cc4sccc43)nc12. The number of nitrogens with two attached hydrogens (primary N) is 1. The van der Waals surface area contributed by atoms with Crippen molar-refractivity contribution < 1.29 is 14.3 Å². The molecular formula is C28H29N5O3S. The lowest BCUT2D eigenvalue weighted by molar-refractivity contribution is -0.156. The number of methoxy groups -OCH3 is 1. The first kappa shape index (κ1) is 24.7. The Labute approximate surface area is 219 Å². The summed E-state index contributed by atoms with van der Waals surface area (Å²) in [4.78, 5) is 22.8. The number of carbonyl (C=O) groups excluding carboxylic acids is 1. The molecule has 0 aliphatic carbocycles. The van der Waals surface area contributed by atoms with Gasteiger partial charge in [0, 0.05) is 11.9 Å². The van der Waals surface area contributed by atoms with E-state index in [-0.39, 0.29) is 0 Å². The maximum Gasteiger partial charge on any atom is 0.329 e. The summed E-state index contributed by atoms with van der Waals surface area (Å²) in [6.07, 6.45) is 0. The van der Waals surface area contributed by atoms with Gasteiger partial charge in [0.2, 0.25) is 5.95 Å². The molecule has 190 valence electrons. The second-order valence-electron chi connectivity index (χ2n) is 9.65. The van der Waals surface area contributed by atoms with E-state index in [9.17, 15) is 4.79 Å². The fourth-order valence-corrected chi connectivity index (χ4v) is 4.99. The predicted molar refractivity (Wildman–Crippen MR) is 147 cm³/mol. The van der Waals surface area contributed by atoms with Crippen LogP contribution in [0.1, 0.15) is 38.1 Å². The lowest BCUT2D eigenvalue weighted by atomic mass is 10.1. The van der Waals surface area contributed by atoms with Crippen LogP contribution in [0.3, 0.4) is 0 Å². The minimum atomic E-state index is -1.02. The Kier molecular flexibility index (Phi) is 6.57. The van der Waals surface area contributed by atoms with Crippen molar-refractivity contribution in [1.29, 1.82) is 0 Å². The van der Waals surface area contributed by atoms with E-state index in [1.54, 1.807) is 18.4 Å². The van der Waals surface area contributed by atoms with Crippen LogP contribution in [0, 0.1) is 0 Å². The first-order chi connectivity index (χ1) is 17.7. The summed E-state index contributed by atoms with van der Waals surface area (Å²) in [6, 6.07) is 18.7. The van der Waals surface area contributed by atoms with E-state index in [0.717, 1.165) is 21.2 Å². The average Bonchev–Trinajstić information content (AvgIpc) is 3.47. The highest BCUT2D eigenvalue weighted by molar-refractivity contribution is 7.17. The molecule has 0 saturated heterocycles. The van der Waals surface area contributed by atoms with Gasteiger partial charge in [0.1, 0.15) is 28.7 Å². The molecule has 5 aromatic rings. The minimum Gasteiger partial charge on any atom is -0.494 e. The Morgan fingerprint density at radius 2 is 1.89 bits per heavy atom. The lowest BCUT2D eigenvalue weighted by Crippen LogP contribution is -2.32. The summed E-state index contributed by atoms with van der Waals surface area (Å²) in [5.74, 6) is 1.14. The van der Waals surface area contributed by atoms with Crippen LogP contribution in [0.25, 0.3) is 27.1 Å². The van der Waals surface area contributed by atoms with Crippen molar-refractivity contribution in [2.75, 3.05) is 12.4 Å². The average molecular weight is 516 g/mol. The molecule has 3 heterocycles. The number of anilines is 1. The molecule has 8 nitrogen and oxygen atoms in total. The number of hydrogen-bond acceptors (Lipinski definition) is 8. The van der Waals surface area contributed by atoms with Crippen LogP contribution in [0.2, 0.25) is 0 Å². The molecule has 3 N–H and O–H groups in total. The molecule has 2 aromatic carbocycles. The predicted octanol–water partition coefficient (Wildman–Crippen LogP) is 5.60. The highest BCUT2D eigenvalue weighted by Crippen LogP contribution is 2.34. The van der Waals surface area contributed by atoms with Crippen LogP contribution < -0.4 is 15.8 Å². The summed E-state index contributed by atoms with van der Waals surface area (Å²) < 4.78 is 14.0. The molecule has 1 atom stereocenters. The number of nitrogens with one attached hydrogen (secondary N) is 1. The molecule has 0 fully saturated rings. The second kappa shape index (κ2) is 9.84. The number of para-hydroxylation sites is 1. The molecule has 37 heavy (non-hydrogen) atoms. The third-order valence-corrected chi connectivity index (χ3v) is 6.68. The largest absolute Gasteiger partial charge is 0.494 e. The Bertz CT molecular complexity index is 1570.